The van der Waals surface area contributed by atoms with Crippen LogP contribution in [0.2, 0.25) is 0 Å². The highest BCUT2D eigenvalue weighted by Gasteiger charge is 2.30. The van der Waals surface area contributed by atoms with Gasteiger partial charge in [-0.2, -0.15) is 0 Å². The SMILES string of the molecule is CCOC(=O)N1CC(=Cc2cccc3ccccc23)C(=O)C(=Cc2cccc3ccccc23)C1. The highest BCUT2D eigenvalue weighted by Crippen LogP contribution is 2.28. The van der Waals surface area contributed by atoms with Gasteiger partial charge >= 0.3 is 6.09 Å². The molecule has 0 spiro atoms. The van der Waals surface area contributed by atoms with Crippen LogP contribution < -0.4 is 0 Å². The summed E-state index contributed by atoms with van der Waals surface area (Å²) in [6.07, 6.45) is 3.41. The van der Waals surface area contributed by atoms with Gasteiger partial charge in [0, 0.05) is 11.1 Å². The molecule has 4 aromatic carbocycles. The van der Waals surface area contributed by atoms with Gasteiger partial charge in [-0.1, -0.05) is 84.9 Å². The van der Waals surface area contributed by atoms with Crippen molar-refractivity contribution < 1.29 is 14.3 Å². The number of nitrogens with zero attached hydrogens (tertiary/aromatic N) is 1. The third-order valence-electron chi connectivity index (χ3n) is 6.14. The highest BCUT2D eigenvalue weighted by molar-refractivity contribution is 6.16. The van der Waals surface area contributed by atoms with E-state index in [2.05, 4.69) is 24.3 Å². The maximum atomic E-state index is 13.6. The molecule has 168 valence electrons. The number of rotatable bonds is 3. The van der Waals surface area contributed by atoms with Crippen LogP contribution in [0.1, 0.15) is 18.1 Å². The van der Waals surface area contributed by atoms with Crippen LogP contribution in [0, 0.1) is 0 Å². The molecule has 1 fully saturated rings. The van der Waals surface area contributed by atoms with E-state index in [0.29, 0.717) is 11.1 Å². The number of hydrogen-bond acceptors (Lipinski definition) is 3. The molecule has 0 N–H and O–H groups in total. The smallest absolute Gasteiger partial charge is 0.410 e. The second-order valence-electron chi connectivity index (χ2n) is 8.36. The summed E-state index contributed by atoms with van der Waals surface area (Å²) in [5, 5.41) is 4.35. The molecule has 1 aliphatic heterocycles. The second kappa shape index (κ2) is 9.36. The number of carbonyl (C=O) groups excluding carboxylic acids is 2. The lowest BCUT2D eigenvalue weighted by Gasteiger charge is -2.29. The maximum absolute atomic E-state index is 13.6. The number of fused-ring (bicyclic) bond motifs is 2. The summed E-state index contributed by atoms with van der Waals surface area (Å²) in [6, 6.07) is 28.2. The van der Waals surface area contributed by atoms with Crippen molar-refractivity contribution in [2.75, 3.05) is 19.7 Å². The summed E-state index contributed by atoms with van der Waals surface area (Å²) < 4.78 is 5.28. The largest absolute Gasteiger partial charge is 0.450 e. The van der Waals surface area contributed by atoms with Crippen LogP contribution in [0.4, 0.5) is 4.79 Å². The van der Waals surface area contributed by atoms with Crippen LogP contribution in [0.5, 0.6) is 0 Å². The molecule has 0 bridgehead atoms. The first-order chi connectivity index (χ1) is 16.6. The van der Waals surface area contributed by atoms with Crippen LogP contribution in [-0.4, -0.2) is 36.5 Å². The van der Waals surface area contributed by atoms with Crippen LogP contribution in [0.25, 0.3) is 33.7 Å². The fraction of sp³-hybridized carbons (Fsp3) is 0.133. The summed E-state index contributed by atoms with van der Waals surface area (Å²) >= 11 is 0. The van der Waals surface area contributed by atoms with E-state index in [4.69, 9.17) is 4.74 Å². The van der Waals surface area contributed by atoms with Gasteiger partial charge in [-0.3, -0.25) is 9.69 Å². The molecule has 1 heterocycles. The summed E-state index contributed by atoms with van der Waals surface area (Å²) in [4.78, 5) is 27.9. The van der Waals surface area contributed by atoms with Crippen molar-refractivity contribution in [1.29, 1.82) is 0 Å². The van der Waals surface area contributed by atoms with Crippen molar-refractivity contribution in [1.82, 2.24) is 4.90 Å². The monoisotopic (exact) mass is 447 g/mol. The lowest BCUT2D eigenvalue weighted by molar-refractivity contribution is -0.113. The molecule has 0 atom stereocenters. The van der Waals surface area contributed by atoms with E-state index >= 15 is 0 Å². The van der Waals surface area contributed by atoms with Crippen LogP contribution in [0.15, 0.2) is 96.1 Å². The Hall–Kier alpha value is -4.18. The molecule has 1 saturated heterocycles. The molecular weight excluding hydrogens is 422 g/mol. The Morgan fingerprint density at radius 2 is 1.24 bits per heavy atom. The lowest BCUT2D eigenvalue weighted by atomic mass is 9.92. The summed E-state index contributed by atoms with van der Waals surface area (Å²) in [5.41, 5.74) is 3.05. The average Bonchev–Trinajstić information content (AvgIpc) is 2.87. The Labute approximate surface area is 198 Å². The molecule has 0 saturated carbocycles. The van der Waals surface area contributed by atoms with Gasteiger partial charge in [-0.05, 0) is 51.7 Å². The molecule has 0 aromatic heterocycles. The van der Waals surface area contributed by atoms with Crippen LogP contribution in [-0.2, 0) is 9.53 Å². The minimum absolute atomic E-state index is 0.0404. The Balaban J connectivity index is 1.61. The van der Waals surface area contributed by atoms with Gasteiger partial charge in [0.2, 0.25) is 0 Å². The Morgan fingerprint density at radius 1 is 0.765 bits per heavy atom. The minimum Gasteiger partial charge on any atom is -0.450 e. The standard InChI is InChI=1S/C30H25NO3/c1-2-34-30(33)31-19-25(17-23-13-7-11-21-9-3-5-15-27(21)23)29(32)26(20-31)18-24-14-8-12-22-10-4-6-16-28(22)24/h3-18H,2,19-20H2,1H3. The van der Waals surface area contributed by atoms with Gasteiger partial charge in [0.15, 0.2) is 5.78 Å². The van der Waals surface area contributed by atoms with E-state index in [9.17, 15) is 9.59 Å². The molecule has 4 aromatic rings. The first-order valence-electron chi connectivity index (χ1n) is 11.5. The number of carbonyl (C=O) groups is 2. The topological polar surface area (TPSA) is 46.6 Å². The highest BCUT2D eigenvalue weighted by atomic mass is 16.6. The van der Waals surface area contributed by atoms with Gasteiger partial charge < -0.3 is 4.74 Å². The van der Waals surface area contributed by atoms with Gasteiger partial charge in [0.1, 0.15) is 0 Å². The summed E-state index contributed by atoms with van der Waals surface area (Å²) in [5.74, 6) is -0.0404. The fourth-order valence-corrected chi connectivity index (χ4v) is 4.51. The van der Waals surface area contributed by atoms with Crippen molar-refractivity contribution in [2.45, 2.75) is 6.92 Å². The third kappa shape index (κ3) is 4.23. The molecule has 1 amide bonds. The van der Waals surface area contributed by atoms with Gasteiger partial charge in [-0.25, -0.2) is 4.79 Å². The van der Waals surface area contributed by atoms with E-state index < -0.39 is 6.09 Å². The molecule has 0 radical (unpaired) electrons. The van der Waals surface area contributed by atoms with Crippen molar-refractivity contribution in [2.24, 2.45) is 0 Å². The molecule has 0 aliphatic carbocycles. The van der Waals surface area contributed by atoms with Crippen LogP contribution in [0.3, 0.4) is 0 Å². The maximum Gasteiger partial charge on any atom is 0.410 e. The first kappa shape index (κ1) is 21.7. The second-order valence-corrected chi connectivity index (χ2v) is 8.36. The summed E-state index contributed by atoms with van der Waals surface area (Å²) in [7, 11) is 0. The number of likely N-dealkylation sites (tertiary alicyclic amines) is 1. The number of Topliss-reactive ketones (excluding diaryl/α,β-unsaturated/α-hetero) is 1. The molecular formula is C30H25NO3. The number of benzene rings is 4. The molecule has 34 heavy (non-hydrogen) atoms. The molecule has 5 rings (SSSR count). The number of ether oxygens (including phenoxy) is 1. The van der Waals surface area contributed by atoms with Crippen molar-refractivity contribution in [3.63, 3.8) is 0 Å². The minimum atomic E-state index is -0.414. The zero-order valence-corrected chi connectivity index (χ0v) is 19.0. The van der Waals surface area contributed by atoms with E-state index in [1.165, 1.54) is 0 Å². The predicted octanol–water partition coefficient (Wildman–Crippen LogP) is 6.50. The fourth-order valence-electron chi connectivity index (χ4n) is 4.51. The number of ketones is 1. The van der Waals surface area contributed by atoms with Crippen molar-refractivity contribution >= 4 is 45.6 Å². The van der Waals surface area contributed by atoms with Gasteiger partial charge in [-0.15, -0.1) is 0 Å². The van der Waals surface area contributed by atoms with E-state index in [1.807, 2.05) is 72.8 Å². The van der Waals surface area contributed by atoms with Gasteiger partial charge in [0.25, 0.3) is 0 Å². The van der Waals surface area contributed by atoms with Crippen molar-refractivity contribution in [3.8, 4) is 0 Å². The number of piperidine rings is 1. The van der Waals surface area contributed by atoms with E-state index in [-0.39, 0.29) is 25.5 Å². The van der Waals surface area contributed by atoms with E-state index in [1.54, 1.807) is 11.8 Å². The van der Waals surface area contributed by atoms with Crippen molar-refractivity contribution in [3.05, 3.63) is 107 Å². The molecule has 0 unspecified atom stereocenters. The Morgan fingerprint density at radius 3 is 1.74 bits per heavy atom. The molecule has 1 aliphatic rings. The van der Waals surface area contributed by atoms with Gasteiger partial charge in [0.05, 0.1) is 19.7 Å². The number of hydrogen-bond donors (Lipinski definition) is 0. The Bertz CT molecular complexity index is 1350. The Kier molecular flexibility index (Phi) is 5.96. The third-order valence-corrected chi connectivity index (χ3v) is 6.14. The number of amides is 1. The zero-order valence-electron chi connectivity index (χ0n) is 19.0. The summed E-state index contributed by atoms with van der Waals surface area (Å²) in [6.45, 7) is 2.50. The normalized spacial score (nSPS) is 16.5. The first-order valence-corrected chi connectivity index (χ1v) is 11.5. The zero-order chi connectivity index (χ0) is 23.5. The quantitative estimate of drug-likeness (QED) is 0.337. The molecule has 4 nitrogen and oxygen atoms in total. The lowest BCUT2D eigenvalue weighted by Crippen LogP contribution is -2.41. The van der Waals surface area contributed by atoms with Crippen LogP contribution >= 0.6 is 0 Å². The molecule has 4 heteroatoms. The predicted molar refractivity (Wildman–Crippen MR) is 137 cm³/mol. The van der Waals surface area contributed by atoms with E-state index in [0.717, 1.165) is 32.7 Å². The average molecular weight is 448 g/mol.